The molecule has 2 fully saturated rings. The van der Waals surface area contributed by atoms with Crippen molar-refractivity contribution in [2.75, 3.05) is 53.6 Å². The standard InChI is InChI=1S/C33H48N4O5/c1-23(2)37(33(39)26-13-14-30(41-4)31(18-26)42-16-8-15-40-3)22-27-19-34-20-29(27)35-21-32(38)36-28(25-11-12-25)17-24-9-6-5-7-10-24/h5-7,9-10,13-14,18,23,25,27-29,34-35H,8,11-12,15-17,19-22H2,1-4H3,(H,36,38)/t27-,28?,29+/m0/s1. The van der Waals surface area contributed by atoms with Crippen LogP contribution in [-0.2, 0) is 16.0 Å². The van der Waals surface area contributed by atoms with Crippen LogP contribution >= 0.6 is 0 Å². The van der Waals surface area contributed by atoms with E-state index in [4.69, 9.17) is 14.2 Å². The molecule has 3 N–H and O–H groups in total. The summed E-state index contributed by atoms with van der Waals surface area (Å²) in [5, 5.41) is 10.2. The number of hydrogen-bond donors (Lipinski definition) is 3. The summed E-state index contributed by atoms with van der Waals surface area (Å²) in [6, 6.07) is 16.0. The molecule has 1 aliphatic carbocycles. The summed E-state index contributed by atoms with van der Waals surface area (Å²) in [4.78, 5) is 28.6. The van der Waals surface area contributed by atoms with Gasteiger partial charge in [-0.15, -0.1) is 0 Å². The molecule has 1 heterocycles. The molecular formula is C33H48N4O5. The second-order valence-electron chi connectivity index (χ2n) is 11.7. The zero-order chi connectivity index (χ0) is 29.9. The molecule has 42 heavy (non-hydrogen) atoms. The average Bonchev–Trinajstić information content (AvgIpc) is 3.75. The van der Waals surface area contributed by atoms with E-state index in [0.717, 1.165) is 25.9 Å². The number of nitrogens with one attached hydrogen (secondary N) is 3. The molecule has 2 aromatic rings. The van der Waals surface area contributed by atoms with Crippen LogP contribution in [0.1, 0.15) is 49.0 Å². The molecule has 0 aromatic heterocycles. The third-order valence-electron chi connectivity index (χ3n) is 8.18. The summed E-state index contributed by atoms with van der Waals surface area (Å²) in [5.74, 6) is 1.86. The maximum atomic E-state index is 13.7. The summed E-state index contributed by atoms with van der Waals surface area (Å²) >= 11 is 0. The Morgan fingerprint density at radius 3 is 2.50 bits per heavy atom. The molecular weight excluding hydrogens is 532 g/mol. The van der Waals surface area contributed by atoms with Gasteiger partial charge >= 0.3 is 0 Å². The summed E-state index contributed by atoms with van der Waals surface area (Å²) < 4.78 is 16.5. The predicted octanol–water partition coefficient (Wildman–Crippen LogP) is 3.28. The summed E-state index contributed by atoms with van der Waals surface area (Å²) in [6.07, 6.45) is 3.95. The normalized spacial score (nSPS) is 19.0. The quantitative estimate of drug-likeness (QED) is 0.247. The SMILES string of the molecule is COCCCOc1cc(C(=O)N(C[C@@H]2CNC[C@H]2NCC(=O)NC(Cc2ccccc2)C2CC2)C(C)C)ccc1OC. The van der Waals surface area contributed by atoms with Crippen LogP contribution in [0.3, 0.4) is 0 Å². The highest BCUT2D eigenvalue weighted by Crippen LogP contribution is 2.34. The Kier molecular flexibility index (Phi) is 12.0. The number of nitrogens with zero attached hydrogens (tertiary/aromatic N) is 1. The van der Waals surface area contributed by atoms with Gasteiger partial charge in [-0.2, -0.15) is 0 Å². The fraction of sp³-hybridized carbons (Fsp3) is 0.576. The Morgan fingerprint density at radius 1 is 1.02 bits per heavy atom. The lowest BCUT2D eigenvalue weighted by Crippen LogP contribution is -2.49. The number of ether oxygens (including phenoxy) is 3. The van der Waals surface area contributed by atoms with Gasteiger partial charge in [0, 0.05) is 69.4 Å². The topological polar surface area (TPSA) is 101 Å². The van der Waals surface area contributed by atoms with Gasteiger partial charge in [0.15, 0.2) is 11.5 Å². The lowest BCUT2D eigenvalue weighted by Gasteiger charge is -2.32. The van der Waals surface area contributed by atoms with Gasteiger partial charge in [0.2, 0.25) is 5.91 Å². The van der Waals surface area contributed by atoms with Gasteiger partial charge in [-0.05, 0) is 62.8 Å². The van der Waals surface area contributed by atoms with Crippen molar-refractivity contribution in [2.45, 2.75) is 57.7 Å². The highest BCUT2D eigenvalue weighted by Gasteiger charge is 2.34. The van der Waals surface area contributed by atoms with Crippen LogP contribution in [0.25, 0.3) is 0 Å². The van der Waals surface area contributed by atoms with Crippen LogP contribution in [0.5, 0.6) is 11.5 Å². The molecule has 2 amide bonds. The molecule has 9 heteroatoms. The highest BCUT2D eigenvalue weighted by atomic mass is 16.5. The molecule has 0 radical (unpaired) electrons. The molecule has 1 saturated carbocycles. The second-order valence-corrected chi connectivity index (χ2v) is 11.7. The van der Waals surface area contributed by atoms with Crippen LogP contribution in [0.15, 0.2) is 48.5 Å². The van der Waals surface area contributed by atoms with Gasteiger partial charge in [-0.3, -0.25) is 9.59 Å². The number of hydrogen-bond acceptors (Lipinski definition) is 7. The van der Waals surface area contributed by atoms with Gasteiger partial charge < -0.3 is 35.1 Å². The molecule has 0 bridgehead atoms. The zero-order valence-corrected chi connectivity index (χ0v) is 25.6. The van der Waals surface area contributed by atoms with E-state index in [1.165, 1.54) is 18.4 Å². The fourth-order valence-corrected chi connectivity index (χ4v) is 5.60. The number of methoxy groups -OCH3 is 2. The second kappa shape index (κ2) is 15.9. The Bertz CT molecular complexity index is 1140. The Labute approximate surface area is 250 Å². The summed E-state index contributed by atoms with van der Waals surface area (Å²) in [6.45, 7) is 7.53. The number of carbonyl (C=O) groups is 2. The highest BCUT2D eigenvalue weighted by molar-refractivity contribution is 5.95. The van der Waals surface area contributed by atoms with Crippen molar-refractivity contribution in [3.8, 4) is 11.5 Å². The molecule has 1 saturated heterocycles. The van der Waals surface area contributed by atoms with Crippen molar-refractivity contribution in [1.82, 2.24) is 20.9 Å². The molecule has 2 aromatic carbocycles. The fourth-order valence-electron chi connectivity index (χ4n) is 5.60. The van der Waals surface area contributed by atoms with Gasteiger partial charge in [0.05, 0.1) is 20.3 Å². The first-order valence-electron chi connectivity index (χ1n) is 15.3. The summed E-state index contributed by atoms with van der Waals surface area (Å²) in [7, 11) is 3.25. The van der Waals surface area contributed by atoms with E-state index in [2.05, 4.69) is 28.1 Å². The summed E-state index contributed by atoms with van der Waals surface area (Å²) in [5.41, 5.74) is 1.81. The Morgan fingerprint density at radius 2 is 1.81 bits per heavy atom. The molecule has 0 spiro atoms. The van der Waals surface area contributed by atoms with Crippen molar-refractivity contribution in [3.63, 3.8) is 0 Å². The van der Waals surface area contributed by atoms with Crippen molar-refractivity contribution in [1.29, 1.82) is 0 Å². The number of carbonyl (C=O) groups excluding carboxylic acids is 2. The lowest BCUT2D eigenvalue weighted by molar-refractivity contribution is -0.121. The van der Waals surface area contributed by atoms with E-state index in [0.29, 0.717) is 42.7 Å². The van der Waals surface area contributed by atoms with E-state index >= 15 is 0 Å². The minimum atomic E-state index is -0.0500. The van der Waals surface area contributed by atoms with E-state index < -0.39 is 0 Å². The molecule has 4 rings (SSSR count). The molecule has 9 nitrogen and oxygen atoms in total. The van der Waals surface area contributed by atoms with Crippen LogP contribution in [-0.4, -0.2) is 88.5 Å². The monoisotopic (exact) mass is 580 g/mol. The Balaban J connectivity index is 1.33. The number of amides is 2. The predicted molar refractivity (Wildman–Crippen MR) is 164 cm³/mol. The molecule has 3 atom stereocenters. The van der Waals surface area contributed by atoms with Gasteiger partial charge in [-0.25, -0.2) is 0 Å². The lowest BCUT2D eigenvalue weighted by atomic mass is 10.0. The van der Waals surface area contributed by atoms with Crippen LogP contribution < -0.4 is 25.4 Å². The Hall–Kier alpha value is -3.14. The molecule has 1 aliphatic heterocycles. The first kappa shape index (κ1) is 31.8. The average molecular weight is 581 g/mol. The van der Waals surface area contributed by atoms with Crippen molar-refractivity contribution in [2.24, 2.45) is 11.8 Å². The number of rotatable bonds is 17. The van der Waals surface area contributed by atoms with Gasteiger partial charge in [0.1, 0.15) is 0 Å². The van der Waals surface area contributed by atoms with Crippen LogP contribution in [0.2, 0.25) is 0 Å². The zero-order valence-electron chi connectivity index (χ0n) is 25.6. The molecule has 1 unspecified atom stereocenters. The van der Waals surface area contributed by atoms with Crippen molar-refractivity contribution < 1.29 is 23.8 Å². The minimum Gasteiger partial charge on any atom is -0.493 e. The van der Waals surface area contributed by atoms with Gasteiger partial charge in [-0.1, -0.05) is 30.3 Å². The van der Waals surface area contributed by atoms with Crippen LogP contribution in [0.4, 0.5) is 0 Å². The minimum absolute atomic E-state index is 0.00695. The number of benzene rings is 2. The molecule has 230 valence electrons. The first-order chi connectivity index (χ1) is 20.4. The third kappa shape index (κ3) is 9.18. The first-order valence-corrected chi connectivity index (χ1v) is 15.3. The van der Waals surface area contributed by atoms with E-state index in [1.807, 2.05) is 36.9 Å². The van der Waals surface area contributed by atoms with E-state index in [9.17, 15) is 9.59 Å². The van der Waals surface area contributed by atoms with Crippen LogP contribution in [0, 0.1) is 11.8 Å². The van der Waals surface area contributed by atoms with Crippen molar-refractivity contribution >= 4 is 11.8 Å². The van der Waals surface area contributed by atoms with E-state index in [1.54, 1.807) is 32.4 Å². The van der Waals surface area contributed by atoms with E-state index in [-0.39, 0.29) is 42.4 Å². The van der Waals surface area contributed by atoms with Gasteiger partial charge in [0.25, 0.3) is 5.91 Å². The smallest absolute Gasteiger partial charge is 0.254 e. The maximum absolute atomic E-state index is 13.7. The molecule has 2 aliphatic rings. The maximum Gasteiger partial charge on any atom is 0.254 e. The third-order valence-corrected chi connectivity index (χ3v) is 8.18. The van der Waals surface area contributed by atoms with Crippen molar-refractivity contribution in [3.05, 3.63) is 59.7 Å². The largest absolute Gasteiger partial charge is 0.493 e.